The van der Waals surface area contributed by atoms with Crippen molar-refractivity contribution in [3.05, 3.63) is 66.8 Å². The van der Waals surface area contributed by atoms with Crippen molar-refractivity contribution in [3.63, 3.8) is 0 Å². The maximum absolute atomic E-state index is 14.2. The van der Waals surface area contributed by atoms with Crippen LogP contribution in [0.15, 0.2) is 55.5 Å². The third-order valence-corrected chi connectivity index (χ3v) is 9.30. The topological polar surface area (TPSA) is 159 Å². The molecule has 1 saturated carbocycles. The number of imidazole rings is 1. The summed E-state index contributed by atoms with van der Waals surface area (Å²) in [6.07, 6.45) is 8.48. The maximum atomic E-state index is 14.2. The number of ether oxygens (including phenoxy) is 1. The molecule has 0 spiro atoms. The third-order valence-electron chi connectivity index (χ3n) is 8.90. The van der Waals surface area contributed by atoms with Crippen molar-refractivity contribution in [1.29, 1.82) is 0 Å². The quantitative estimate of drug-likeness (QED) is 0.101. The average molecular weight is 713 g/mol. The molecule has 260 valence electrons. The highest BCUT2D eigenvalue weighted by Crippen LogP contribution is 2.39. The predicted molar refractivity (Wildman–Crippen MR) is 185 cm³/mol. The lowest BCUT2D eigenvalue weighted by molar-refractivity contribution is -0.143. The van der Waals surface area contributed by atoms with Crippen LogP contribution >= 0.6 is 34.8 Å². The summed E-state index contributed by atoms with van der Waals surface area (Å²) in [4.78, 5) is 47.7. The highest BCUT2D eigenvalue weighted by atomic mass is 35.6. The van der Waals surface area contributed by atoms with Crippen LogP contribution in [0, 0.1) is 17.8 Å². The molecule has 3 rings (SSSR count). The van der Waals surface area contributed by atoms with Gasteiger partial charge < -0.3 is 31.2 Å². The molecule has 13 heteroatoms. The number of allylic oxidation sites excluding steroid dienone is 1. The van der Waals surface area contributed by atoms with Gasteiger partial charge in [0.05, 0.1) is 24.2 Å². The van der Waals surface area contributed by atoms with Gasteiger partial charge in [-0.2, -0.15) is 0 Å². The van der Waals surface area contributed by atoms with Crippen LogP contribution in [0.25, 0.3) is 0 Å². The molecule has 3 amide bonds. The van der Waals surface area contributed by atoms with Crippen molar-refractivity contribution in [2.24, 2.45) is 23.5 Å². The number of H-pyrrole nitrogens is 1. The Bertz CT molecular complexity index is 1280. The zero-order chi connectivity index (χ0) is 34.6. The van der Waals surface area contributed by atoms with Gasteiger partial charge in [-0.1, -0.05) is 117 Å². The smallest absolute Gasteiger partial charge is 0.405 e. The summed E-state index contributed by atoms with van der Waals surface area (Å²) in [5, 5.41) is 17.3. The van der Waals surface area contributed by atoms with Crippen LogP contribution in [0.5, 0.6) is 0 Å². The molecule has 5 atom stereocenters. The van der Waals surface area contributed by atoms with E-state index in [2.05, 4.69) is 41.0 Å². The molecule has 1 heterocycles. The Hall–Kier alpha value is -2.79. The molecule has 2 aromatic rings. The number of hydrogen-bond acceptors (Lipinski definition) is 6. The molecule has 1 aromatic heterocycles. The molecule has 0 radical (unpaired) electrons. The highest BCUT2D eigenvalue weighted by Gasteiger charge is 2.49. The molecule has 0 aliphatic heterocycles. The highest BCUT2D eigenvalue weighted by molar-refractivity contribution is 6.67. The van der Waals surface area contributed by atoms with Crippen molar-refractivity contribution in [1.82, 2.24) is 20.6 Å². The number of carbonyl (C=O) groups is 3. The van der Waals surface area contributed by atoms with Crippen LogP contribution in [0.1, 0.15) is 76.5 Å². The summed E-state index contributed by atoms with van der Waals surface area (Å²) in [6, 6.07) is 6.96. The number of nitrogens with one attached hydrogen (secondary N) is 3. The number of aliphatic hydroxyl groups excluding tert-OH is 1. The Balaban J connectivity index is 1.95. The summed E-state index contributed by atoms with van der Waals surface area (Å²) >= 11 is 18.6. The van der Waals surface area contributed by atoms with E-state index in [1.165, 1.54) is 12.7 Å². The summed E-state index contributed by atoms with van der Waals surface area (Å²) in [7, 11) is 0. The van der Waals surface area contributed by atoms with Gasteiger partial charge in [0.1, 0.15) is 6.04 Å². The van der Waals surface area contributed by atoms with Crippen LogP contribution < -0.4 is 16.4 Å². The lowest BCUT2D eigenvalue weighted by atomic mass is 9.81. The van der Waals surface area contributed by atoms with Gasteiger partial charge in [-0.25, -0.2) is 9.78 Å². The van der Waals surface area contributed by atoms with E-state index in [-0.39, 0.29) is 24.7 Å². The van der Waals surface area contributed by atoms with E-state index >= 15 is 0 Å². The van der Waals surface area contributed by atoms with Gasteiger partial charge in [-0.15, -0.1) is 6.58 Å². The minimum absolute atomic E-state index is 0.0135. The molecule has 10 nitrogen and oxygen atoms in total. The molecular formula is C34H48Cl3N5O5. The lowest BCUT2D eigenvalue weighted by Gasteiger charge is -2.36. The first-order valence-electron chi connectivity index (χ1n) is 16.2. The Morgan fingerprint density at radius 3 is 2.38 bits per heavy atom. The van der Waals surface area contributed by atoms with E-state index in [9.17, 15) is 19.5 Å². The molecule has 47 heavy (non-hydrogen) atoms. The number of carbonyl (C=O) groups excluding carboxylic acids is 3. The minimum atomic E-state index is -2.09. The van der Waals surface area contributed by atoms with Crippen molar-refractivity contribution >= 4 is 52.7 Å². The fourth-order valence-corrected chi connectivity index (χ4v) is 7.00. The number of aromatic nitrogens is 2. The lowest BCUT2D eigenvalue weighted by Crippen LogP contribution is -2.60. The molecule has 1 aliphatic carbocycles. The van der Waals surface area contributed by atoms with Crippen LogP contribution in [0.3, 0.4) is 0 Å². The molecule has 0 bridgehead atoms. The SMILES string of the molecule is C=C[C@@H](C[C@H](O)[C@H](CC1CCCCC1)NC(=O)[C@H](Cc1c[nH]cn1)NC(=O)[C@](Cc1ccccc1)(CC(Cl)(Cl)Cl)OC(N)=O)C(C)C. The van der Waals surface area contributed by atoms with E-state index < -0.39 is 51.9 Å². The second-order valence-corrected chi connectivity index (χ2v) is 15.5. The summed E-state index contributed by atoms with van der Waals surface area (Å²) in [6.45, 7) is 8.08. The second kappa shape index (κ2) is 18.1. The number of amides is 3. The van der Waals surface area contributed by atoms with Crippen LogP contribution in [-0.2, 0) is 27.2 Å². The van der Waals surface area contributed by atoms with E-state index in [0.717, 1.165) is 25.7 Å². The van der Waals surface area contributed by atoms with E-state index in [1.807, 2.05) is 6.08 Å². The summed E-state index contributed by atoms with van der Waals surface area (Å²) in [5.74, 6) is -0.778. The first-order valence-corrected chi connectivity index (χ1v) is 17.3. The molecule has 1 aromatic carbocycles. The minimum Gasteiger partial charge on any atom is -0.432 e. The summed E-state index contributed by atoms with van der Waals surface area (Å²) < 4.78 is 3.43. The number of benzene rings is 1. The Kier molecular flexibility index (Phi) is 14.9. The first kappa shape index (κ1) is 38.7. The van der Waals surface area contributed by atoms with E-state index in [4.69, 9.17) is 45.3 Å². The van der Waals surface area contributed by atoms with Gasteiger partial charge in [-0.05, 0) is 36.2 Å². The van der Waals surface area contributed by atoms with Crippen molar-refractivity contribution < 1.29 is 24.2 Å². The monoisotopic (exact) mass is 711 g/mol. The molecule has 1 aliphatic rings. The summed E-state index contributed by atoms with van der Waals surface area (Å²) in [5.41, 5.74) is 4.46. The van der Waals surface area contributed by atoms with Crippen LogP contribution in [0.4, 0.5) is 4.79 Å². The van der Waals surface area contributed by atoms with Gasteiger partial charge in [0.2, 0.25) is 5.91 Å². The fourth-order valence-electron chi connectivity index (χ4n) is 6.36. The van der Waals surface area contributed by atoms with Gasteiger partial charge in [0, 0.05) is 25.5 Å². The largest absolute Gasteiger partial charge is 0.432 e. The standard InChI is InChI=1S/C34H48Cl3N5O5/c1-4-25(22(2)3)16-29(43)27(15-23-11-7-5-8-12-23)41-30(44)28(17-26-19-39-21-40-26)42-31(45)33(47-32(38)46,20-34(35,36)37)18-24-13-9-6-10-14-24/h4,6,9-10,13-14,19,21-23,25,27-29,43H,1,5,7-8,11-12,15-18,20H2,2-3H3,(H2,38,46)(H,39,40)(H,41,44)(H,42,45)/t25-,27-,28-,29-,33-/m0/s1. The number of alkyl halides is 3. The number of halogens is 3. The van der Waals surface area contributed by atoms with Gasteiger partial charge in [0.15, 0.2) is 9.39 Å². The molecule has 1 fully saturated rings. The zero-order valence-corrected chi connectivity index (χ0v) is 29.4. The first-order chi connectivity index (χ1) is 22.2. The van der Waals surface area contributed by atoms with Gasteiger partial charge in [-0.3, -0.25) is 9.59 Å². The number of nitrogens with zero attached hydrogens (tertiary/aromatic N) is 1. The molecule has 0 unspecified atom stereocenters. The number of primary amides is 1. The Morgan fingerprint density at radius 1 is 1.15 bits per heavy atom. The average Bonchev–Trinajstić information content (AvgIpc) is 3.52. The molecule has 6 N–H and O–H groups in total. The fraction of sp³-hybridized carbons (Fsp3) is 0.588. The maximum Gasteiger partial charge on any atom is 0.405 e. The number of hydrogen-bond donors (Lipinski definition) is 5. The van der Waals surface area contributed by atoms with Crippen molar-refractivity contribution in [2.45, 2.75) is 106 Å². The number of nitrogens with two attached hydrogens (primary N) is 1. The Morgan fingerprint density at radius 2 is 1.83 bits per heavy atom. The number of aliphatic hydroxyl groups is 1. The molecule has 0 saturated heterocycles. The Labute approximate surface area is 292 Å². The van der Waals surface area contributed by atoms with E-state index in [1.54, 1.807) is 36.5 Å². The zero-order valence-electron chi connectivity index (χ0n) is 27.1. The van der Waals surface area contributed by atoms with Crippen LogP contribution in [-0.4, -0.2) is 60.6 Å². The van der Waals surface area contributed by atoms with Crippen molar-refractivity contribution in [3.8, 4) is 0 Å². The molecular weight excluding hydrogens is 665 g/mol. The van der Waals surface area contributed by atoms with E-state index in [0.29, 0.717) is 30.0 Å². The third kappa shape index (κ3) is 12.6. The van der Waals surface area contributed by atoms with Crippen molar-refractivity contribution in [2.75, 3.05) is 0 Å². The van der Waals surface area contributed by atoms with Gasteiger partial charge >= 0.3 is 6.09 Å². The van der Waals surface area contributed by atoms with Crippen LogP contribution in [0.2, 0.25) is 0 Å². The predicted octanol–water partition coefficient (Wildman–Crippen LogP) is 5.94. The number of rotatable bonds is 17. The number of aromatic amines is 1. The van der Waals surface area contributed by atoms with Gasteiger partial charge in [0.25, 0.3) is 5.91 Å². The second-order valence-electron chi connectivity index (χ2n) is 13.0. The normalized spacial score (nSPS) is 17.9.